The molecule has 3 rings (SSSR count). The largest absolute Gasteiger partial charge is 0.622 e. The summed E-state index contributed by atoms with van der Waals surface area (Å²) in [6.07, 6.45) is 0. The molecule has 0 saturated carbocycles. The van der Waals surface area contributed by atoms with Gasteiger partial charge in [-0.25, -0.2) is 0 Å². The van der Waals surface area contributed by atoms with E-state index < -0.39 is 16.6 Å². The second-order valence-corrected chi connectivity index (χ2v) is 6.47. The van der Waals surface area contributed by atoms with Crippen LogP contribution in [0.4, 0.5) is 5.69 Å². The van der Waals surface area contributed by atoms with Crippen molar-refractivity contribution in [2.75, 3.05) is 0 Å². The van der Waals surface area contributed by atoms with E-state index in [0.717, 1.165) is 5.06 Å². The molecular weight excluding hydrogens is 346 g/mol. The monoisotopic (exact) mass is 361 g/mol. The van der Waals surface area contributed by atoms with Crippen LogP contribution in [0.25, 0.3) is 0 Å². The van der Waals surface area contributed by atoms with Crippen LogP contribution in [0.1, 0.15) is 25.0 Å². The fourth-order valence-corrected chi connectivity index (χ4v) is 3.26. The number of nitrogens with zero attached hydrogens (tertiary/aromatic N) is 3. The third-order valence-corrected chi connectivity index (χ3v) is 4.82. The summed E-state index contributed by atoms with van der Waals surface area (Å²) in [6.45, 7) is 3.22. The average molecular weight is 362 g/mol. The number of benzene rings is 2. The van der Waals surface area contributed by atoms with E-state index >= 15 is 0 Å². The van der Waals surface area contributed by atoms with Gasteiger partial charge in [0.05, 0.1) is 4.92 Å². The van der Waals surface area contributed by atoms with Crippen LogP contribution in [0.15, 0.2) is 48.5 Å². The van der Waals surface area contributed by atoms with Gasteiger partial charge >= 0.3 is 0 Å². The van der Waals surface area contributed by atoms with Crippen molar-refractivity contribution in [1.29, 1.82) is 0 Å². The lowest BCUT2D eigenvalue weighted by molar-refractivity contribution is -0.595. The summed E-state index contributed by atoms with van der Waals surface area (Å²) in [7, 11) is 0. The van der Waals surface area contributed by atoms with Crippen LogP contribution < -0.4 is 0 Å². The maximum absolute atomic E-state index is 13.1. The molecule has 25 heavy (non-hydrogen) atoms. The van der Waals surface area contributed by atoms with Crippen LogP contribution in [-0.2, 0) is 5.66 Å². The molecule has 0 aliphatic carbocycles. The van der Waals surface area contributed by atoms with Gasteiger partial charge in [0.2, 0.25) is 5.71 Å². The van der Waals surface area contributed by atoms with Crippen molar-refractivity contribution in [2.24, 2.45) is 0 Å². The smallest absolute Gasteiger partial charge is 0.274 e. The first-order chi connectivity index (χ1) is 11.8. The zero-order valence-corrected chi connectivity index (χ0v) is 14.3. The molecular formula is C17H16ClN3O4. The Balaban J connectivity index is 2.16. The van der Waals surface area contributed by atoms with Crippen LogP contribution in [0.2, 0.25) is 5.02 Å². The van der Waals surface area contributed by atoms with E-state index in [4.69, 9.17) is 11.6 Å². The molecule has 0 bridgehead atoms. The van der Waals surface area contributed by atoms with Gasteiger partial charge in [0.25, 0.3) is 11.4 Å². The van der Waals surface area contributed by atoms with Gasteiger partial charge in [-0.2, -0.15) is 4.74 Å². The number of hydrogen-bond donors (Lipinski definition) is 1. The standard InChI is InChI=1S/C17H16ClN3O4/c1-11-16(12-6-8-14(18)9-7-12)20(23)17(2,19(11)22)13-4-3-5-15(10-13)21(24)25/h3-11,22H,1-2H3/t11-,17+/m1/s1. The molecule has 0 aromatic heterocycles. The molecule has 130 valence electrons. The number of non-ortho nitro benzene ring substituents is 1. The molecule has 2 aromatic rings. The Morgan fingerprint density at radius 1 is 1.28 bits per heavy atom. The normalized spacial score (nSPS) is 23.9. The van der Waals surface area contributed by atoms with Crippen molar-refractivity contribution in [1.82, 2.24) is 5.06 Å². The van der Waals surface area contributed by atoms with Gasteiger partial charge < -0.3 is 10.4 Å². The summed E-state index contributed by atoms with van der Waals surface area (Å²) >= 11 is 5.89. The van der Waals surface area contributed by atoms with Crippen LogP contribution in [0.3, 0.4) is 0 Å². The van der Waals surface area contributed by atoms with Gasteiger partial charge in [0, 0.05) is 35.2 Å². The predicted molar refractivity (Wildman–Crippen MR) is 92.7 cm³/mol. The quantitative estimate of drug-likeness (QED) is 0.391. The van der Waals surface area contributed by atoms with Gasteiger partial charge in [0.15, 0.2) is 0 Å². The molecule has 7 nitrogen and oxygen atoms in total. The number of hydrogen-bond acceptors (Lipinski definition) is 5. The first kappa shape index (κ1) is 17.3. The zero-order valence-electron chi connectivity index (χ0n) is 13.6. The lowest BCUT2D eigenvalue weighted by Gasteiger charge is -2.29. The number of rotatable bonds is 3. The summed E-state index contributed by atoms with van der Waals surface area (Å²) in [5.41, 5.74) is -0.322. The van der Waals surface area contributed by atoms with Crippen LogP contribution >= 0.6 is 11.6 Å². The highest BCUT2D eigenvalue weighted by atomic mass is 35.5. The van der Waals surface area contributed by atoms with E-state index in [9.17, 15) is 20.5 Å². The Morgan fingerprint density at radius 3 is 2.52 bits per heavy atom. The maximum atomic E-state index is 13.1. The molecule has 1 aliphatic rings. The fourth-order valence-electron chi connectivity index (χ4n) is 3.13. The van der Waals surface area contributed by atoms with E-state index in [1.807, 2.05) is 0 Å². The lowest BCUT2D eigenvalue weighted by atomic mass is 10.0. The van der Waals surface area contributed by atoms with Crippen LogP contribution in [0, 0.1) is 15.3 Å². The Hall–Kier alpha value is -2.48. The molecule has 2 atom stereocenters. The number of nitro benzene ring substituents is 1. The molecule has 1 N–H and O–H groups in total. The maximum Gasteiger partial charge on any atom is 0.274 e. The number of halogens is 1. The van der Waals surface area contributed by atoms with Crippen molar-refractivity contribution < 1.29 is 14.9 Å². The van der Waals surface area contributed by atoms with E-state index in [2.05, 4.69) is 0 Å². The van der Waals surface area contributed by atoms with Crippen LogP contribution in [-0.4, -0.2) is 31.7 Å². The molecule has 0 radical (unpaired) electrons. The minimum absolute atomic E-state index is 0.145. The fraction of sp³-hybridized carbons (Fsp3) is 0.235. The van der Waals surface area contributed by atoms with Gasteiger partial charge in [-0.3, -0.25) is 10.1 Å². The van der Waals surface area contributed by atoms with E-state index in [-0.39, 0.29) is 5.69 Å². The molecule has 8 heteroatoms. The Labute approximate surface area is 149 Å². The van der Waals surface area contributed by atoms with Gasteiger partial charge in [-0.15, -0.1) is 5.06 Å². The third kappa shape index (κ3) is 2.66. The van der Waals surface area contributed by atoms with Crippen LogP contribution in [0.5, 0.6) is 0 Å². The van der Waals surface area contributed by atoms with Gasteiger partial charge in [-0.1, -0.05) is 17.7 Å². The molecule has 1 heterocycles. The molecule has 0 amide bonds. The second kappa shape index (κ2) is 6.11. The van der Waals surface area contributed by atoms with E-state index in [1.54, 1.807) is 37.3 Å². The summed E-state index contributed by atoms with van der Waals surface area (Å²) in [5, 5.41) is 36.2. The molecule has 2 aromatic carbocycles. The number of hydroxylamine groups is 3. The summed E-state index contributed by atoms with van der Waals surface area (Å²) in [6, 6.07) is 11.8. The average Bonchev–Trinajstić information content (AvgIpc) is 2.78. The Kier molecular flexibility index (Phi) is 4.24. The highest BCUT2D eigenvalue weighted by Crippen LogP contribution is 2.37. The van der Waals surface area contributed by atoms with E-state index in [0.29, 0.717) is 26.6 Å². The minimum Gasteiger partial charge on any atom is -0.622 e. The summed E-state index contributed by atoms with van der Waals surface area (Å²) in [5.74, 6) is 0. The molecule has 0 spiro atoms. The van der Waals surface area contributed by atoms with Crippen molar-refractivity contribution in [3.05, 3.63) is 80.0 Å². The lowest BCUT2D eigenvalue weighted by Crippen LogP contribution is -2.45. The van der Waals surface area contributed by atoms with E-state index in [1.165, 1.54) is 25.1 Å². The Morgan fingerprint density at radius 2 is 1.92 bits per heavy atom. The van der Waals surface area contributed by atoms with Gasteiger partial charge in [0.1, 0.15) is 6.04 Å². The topological polar surface area (TPSA) is 92.7 Å². The first-order valence-electron chi connectivity index (χ1n) is 7.60. The minimum atomic E-state index is -1.49. The molecule has 1 aliphatic heterocycles. The SMILES string of the molecule is C[C@@H]1C(c2ccc(Cl)cc2)=[N+]([O-])[C@@](C)(c2cccc([N+](=O)[O-])c2)N1O. The zero-order chi connectivity index (χ0) is 18.4. The molecule has 0 fully saturated rings. The number of nitro groups is 1. The predicted octanol–water partition coefficient (Wildman–Crippen LogP) is 3.51. The van der Waals surface area contributed by atoms with Crippen molar-refractivity contribution >= 4 is 23.0 Å². The van der Waals surface area contributed by atoms with Crippen molar-refractivity contribution in [3.8, 4) is 0 Å². The summed E-state index contributed by atoms with van der Waals surface area (Å²) in [4.78, 5) is 10.5. The molecule has 0 unspecified atom stereocenters. The highest BCUT2D eigenvalue weighted by molar-refractivity contribution is 6.30. The second-order valence-electron chi connectivity index (χ2n) is 6.04. The molecule has 0 saturated heterocycles. The third-order valence-electron chi connectivity index (χ3n) is 4.57. The first-order valence-corrected chi connectivity index (χ1v) is 7.98. The van der Waals surface area contributed by atoms with Gasteiger partial charge in [-0.05, 0) is 37.3 Å². The van der Waals surface area contributed by atoms with Crippen molar-refractivity contribution in [3.63, 3.8) is 0 Å². The highest BCUT2D eigenvalue weighted by Gasteiger charge is 2.54. The Bertz CT molecular complexity index is 868. The summed E-state index contributed by atoms with van der Waals surface area (Å²) < 4.78 is 0.694. The van der Waals surface area contributed by atoms with Crippen molar-refractivity contribution in [2.45, 2.75) is 25.6 Å².